The van der Waals surface area contributed by atoms with Crippen molar-refractivity contribution in [3.05, 3.63) is 35.9 Å². The van der Waals surface area contributed by atoms with Gasteiger partial charge in [0, 0.05) is 12.0 Å². The minimum absolute atomic E-state index is 0.639. The Morgan fingerprint density at radius 1 is 1.07 bits per heavy atom. The van der Waals surface area contributed by atoms with E-state index in [1.165, 1.54) is 0 Å². The van der Waals surface area contributed by atoms with Crippen LogP contribution in [0.15, 0.2) is 30.3 Å². The molecule has 14 heavy (non-hydrogen) atoms. The Morgan fingerprint density at radius 3 is 1.71 bits per heavy atom. The first kappa shape index (κ1) is 15.1. The van der Waals surface area contributed by atoms with Crippen molar-refractivity contribution >= 4 is 12.6 Å². The van der Waals surface area contributed by atoms with Gasteiger partial charge in [-0.25, -0.2) is 0 Å². The van der Waals surface area contributed by atoms with E-state index in [0.717, 1.165) is 18.1 Å². The van der Waals surface area contributed by atoms with Crippen LogP contribution in [-0.4, -0.2) is 12.6 Å². The molecule has 0 unspecified atom stereocenters. The number of carbonyl (C=O) groups excluding carboxylic acids is 2. The van der Waals surface area contributed by atoms with Gasteiger partial charge in [0.05, 0.1) is 0 Å². The number of carbonyl (C=O) groups is 2. The van der Waals surface area contributed by atoms with E-state index in [1.807, 2.05) is 39.0 Å². The van der Waals surface area contributed by atoms with Crippen molar-refractivity contribution in [1.29, 1.82) is 0 Å². The number of benzene rings is 1. The third-order valence-electron chi connectivity index (χ3n) is 1.10. The van der Waals surface area contributed by atoms with Crippen LogP contribution in [0, 0.1) is 0 Å². The molecule has 0 N–H and O–H groups in total. The minimum atomic E-state index is 0.639. The predicted octanol–water partition coefficient (Wildman–Crippen LogP) is 3.12. The Balaban J connectivity index is 0. The highest BCUT2D eigenvalue weighted by Gasteiger charge is 1.79. The lowest BCUT2D eigenvalue weighted by atomic mass is 10.2. The molecule has 0 amide bonds. The van der Waals surface area contributed by atoms with Gasteiger partial charge in [-0.1, -0.05) is 51.1 Å². The van der Waals surface area contributed by atoms with E-state index in [-0.39, 0.29) is 0 Å². The largest absolute Gasteiger partial charge is 0.303 e. The highest BCUT2D eigenvalue weighted by Crippen LogP contribution is 1.91. The topological polar surface area (TPSA) is 34.1 Å². The highest BCUT2D eigenvalue weighted by atomic mass is 16.1. The lowest BCUT2D eigenvalue weighted by molar-refractivity contribution is -0.107. The van der Waals surface area contributed by atoms with Gasteiger partial charge in [-0.2, -0.15) is 0 Å². The van der Waals surface area contributed by atoms with E-state index in [2.05, 4.69) is 0 Å². The number of hydrogen-bond donors (Lipinski definition) is 0. The second kappa shape index (κ2) is 14.1. The SMILES string of the molecule is CC.CCC=O.O=Cc1ccccc1. The lowest BCUT2D eigenvalue weighted by Gasteiger charge is -1.81. The van der Waals surface area contributed by atoms with Gasteiger partial charge in [-0.15, -0.1) is 0 Å². The summed E-state index contributed by atoms with van der Waals surface area (Å²) in [4.78, 5) is 19.2. The minimum Gasteiger partial charge on any atom is -0.303 e. The molecule has 0 aliphatic carbocycles. The first-order valence-corrected chi connectivity index (χ1v) is 4.79. The molecule has 1 rings (SSSR count). The van der Waals surface area contributed by atoms with Crippen LogP contribution in [0.5, 0.6) is 0 Å². The van der Waals surface area contributed by atoms with Crippen LogP contribution in [0.25, 0.3) is 0 Å². The van der Waals surface area contributed by atoms with E-state index in [0.29, 0.717) is 6.42 Å². The van der Waals surface area contributed by atoms with Crippen LogP contribution in [0.1, 0.15) is 37.6 Å². The van der Waals surface area contributed by atoms with E-state index in [9.17, 15) is 9.59 Å². The van der Waals surface area contributed by atoms with Crippen LogP contribution in [0.3, 0.4) is 0 Å². The molecule has 0 saturated carbocycles. The zero-order chi connectivity index (χ0) is 11.2. The van der Waals surface area contributed by atoms with E-state index >= 15 is 0 Å². The molecule has 0 aliphatic heterocycles. The van der Waals surface area contributed by atoms with Crippen molar-refractivity contribution in [3.8, 4) is 0 Å². The van der Waals surface area contributed by atoms with E-state index < -0.39 is 0 Å². The fourth-order valence-electron chi connectivity index (χ4n) is 0.532. The summed E-state index contributed by atoms with van der Waals surface area (Å²) in [6, 6.07) is 9.10. The first-order valence-electron chi connectivity index (χ1n) is 4.79. The number of aldehydes is 2. The molecule has 78 valence electrons. The zero-order valence-electron chi connectivity index (χ0n) is 9.07. The Hall–Kier alpha value is -1.44. The third kappa shape index (κ3) is 10.6. The molecule has 0 spiro atoms. The predicted molar refractivity (Wildman–Crippen MR) is 59.5 cm³/mol. The van der Waals surface area contributed by atoms with Crippen molar-refractivity contribution in [1.82, 2.24) is 0 Å². The van der Waals surface area contributed by atoms with Gasteiger partial charge < -0.3 is 4.79 Å². The van der Waals surface area contributed by atoms with Crippen molar-refractivity contribution in [2.45, 2.75) is 27.2 Å². The average molecular weight is 194 g/mol. The van der Waals surface area contributed by atoms with Crippen molar-refractivity contribution in [2.75, 3.05) is 0 Å². The van der Waals surface area contributed by atoms with Crippen molar-refractivity contribution < 1.29 is 9.59 Å². The van der Waals surface area contributed by atoms with Gasteiger partial charge in [-0.05, 0) is 0 Å². The number of rotatable bonds is 2. The maximum absolute atomic E-state index is 10.0. The van der Waals surface area contributed by atoms with E-state index in [1.54, 1.807) is 12.1 Å². The van der Waals surface area contributed by atoms with Gasteiger partial charge in [0.25, 0.3) is 0 Å². The molecule has 0 aliphatic rings. The van der Waals surface area contributed by atoms with Crippen molar-refractivity contribution in [3.63, 3.8) is 0 Å². The first-order chi connectivity index (χ1) is 6.85. The summed E-state index contributed by atoms with van der Waals surface area (Å²) >= 11 is 0. The molecule has 0 fully saturated rings. The Bertz CT molecular complexity index is 217. The molecule has 1 aromatic carbocycles. The van der Waals surface area contributed by atoms with E-state index in [4.69, 9.17) is 0 Å². The lowest BCUT2D eigenvalue weighted by Crippen LogP contribution is -1.73. The van der Waals surface area contributed by atoms with Crippen molar-refractivity contribution in [2.24, 2.45) is 0 Å². The third-order valence-corrected chi connectivity index (χ3v) is 1.10. The summed E-state index contributed by atoms with van der Waals surface area (Å²) < 4.78 is 0. The average Bonchev–Trinajstić information content (AvgIpc) is 2.33. The standard InChI is InChI=1S/C7H6O.C3H6O.C2H6/c8-6-7-4-2-1-3-5-7;1-2-3-4;1-2/h1-6H;3H,2H2,1H3;1-2H3. The quantitative estimate of drug-likeness (QED) is 0.678. The molecule has 0 radical (unpaired) electrons. The molecular weight excluding hydrogens is 176 g/mol. The monoisotopic (exact) mass is 194 g/mol. The highest BCUT2D eigenvalue weighted by molar-refractivity contribution is 5.74. The Kier molecular flexibility index (Phi) is 15.2. The van der Waals surface area contributed by atoms with Gasteiger partial charge in [0.1, 0.15) is 12.6 Å². The van der Waals surface area contributed by atoms with Gasteiger partial charge in [0.2, 0.25) is 0 Å². The second-order valence-corrected chi connectivity index (χ2v) is 2.10. The molecule has 0 bridgehead atoms. The zero-order valence-corrected chi connectivity index (χ0v) is 9.07. The molecule has 0 atom stereocenters. The smallest absolute Gasteiger partial charge is 0.150 e. The Labute approximate surface area is 86.0 Å². The fraction of sp³-hybridized carbons (Fsp3) is 0.333. The maximum atomic E-state index is 10.0. The maximum Gasteiger partial charge on any atom is 0.150 e. The summed E-state index contributed by atoms with van der Waals surface area (Å²) in [5.74, 6) is 0. The fourth-order valence-corrected chi connectivity index (χ4v) is 0.532. The Morgan fingerprint density at radius 2 is 1.50 bits per heavy atom. The van der Waals surface area contributed by atoms with Gasteiger partial charge >= 0.3 is 0 Å². The molecule has 0 saturated heterocycles. The summed E-state index contributed by atoms with van der Waals surface area (Å²) in [5, 5.41) is 0. The van der Waals surface area contributed by atoms with Crippen LogP contribution in [-0.2, 0) is 4.79 Å². The second-order valence-electron chi connectivity index (χ2n) is 2.10. The normalized spacial score (nSPS) is 7.07. The van der Waals surface area contributed by atoms with Crippen LogP contribution < -0.4 is 0 Å². The summed E-state index contributed by atoms with van der Waals surface area (Å²) in [6.07, 6.45) is 2.35. The number of hydrogen-bond acceptors (Lipinski definition) is 2. The molecule has 1 aromatic rings. The molecule has 2 nitrogen and oxygen atoms in total. The van der Waals surface area contributed by atoms with Gasteiger partial charge in [0.15, 0.2) is 0 Å². The summed E-state index contributed by atoms with van der Waals surface area (Å²) in [7, 11) is 0. The molecule has 0 aromatic heterocycles. The summed E-state index contributed by atoms with van der Waals surface area (Å²) in [5.41, 5.74) is 0.729. The molecule has 0 heterocycles. The summed E-state index contributed by atoms with van der Waals surface area (Å²) in [6.45, 7) is 5.81. The van der Waals surface area contributed by atoms with Gasteiger partial charge in [-0.3, -0.25) is 4.79 Å². The van der Waals surface area contributed by atoms with Crippen LogP contribution >= 0.6 is 0 Å². The molecule has 2 heteroatoms. The van der Waals surface area contributed by atoms with Crippen LogP contribution in [0.2, 0.25) is 0 Å². The van der Waals surface area contributed by atoms with Crippen LogP contribution in [0.4, 0.5) is 0 Å². The molecular formula is C12H18O2.